The van der Waals surface area contributed by atoms with Gasteiger partial charge in [0.2, 0.25) is 18.2 Å². The summed E-state index contributed by atoms with van der Waals surface area (Å²) in [7, 11) is 0. The molecule has 1 rings (SSSR count). The van der Waals surface area contributed by atoms with Crippen molar-refractivity contribution in [2.45, 2.75) is 51.6 Å². The van der Waals surface area contributed by atoms with Crippen molar-refractivity contribution in [1.29, 1.82) is 0 Å². The Hall–Kier alpha value is -2.06. The molecule has 3 atom stereocenters. The summed E-state index contributed by atoms with van der Waals surface area (Å²) in [4.78, 5) is 47.1. The van der Waals surface area contributed by atoms with Gasteiger partial charge in [-0.05, 0) is 19.8 Å². The van der Waals surface area contributed by atoms with Crippen LogP contribution in [0, 0.1) is 5.92 Å². The first-order valence-electron chi connectivity index (χ1n) is 7.26. The zero-order valence-electron chi connectivity index (χ0n) is 12.9. The molecule has 0 aromatic heterocycles. The molecule has 1 fully saturated rings. The summed E-state index contributed by atoms with van der Waals surface area (Å²) in [6.07, 6.45) is -3.12. The second-order valence-electron chi connectivity index (χ2n) is 5.55. The Morgan fingerprint density at radius 2 is 1.91 bits per heavy atom. The van der Waals surface area contributed by atoms with Crippen LogP contribution in [0.15, 0.2) is 0 Å². The number of carboxylic acids is 1. The van der Waals surface area contributed by atoms with Crippen molar-refractivity contribution in [1.82, 2.24) is 10.2 Å². The van der Waals surface area contributed by atoms with Gasteiger partial charge in [-0.15, -0.1) is 0 Å². The minimum absolute atomic E-state index is 0.168. The van der Waals surface area contributed by atoms with Crippen molar-refractivity contribution in [2.75, 3.05) is 6.54 Å². The van der Waals surface area contributed by atoms with Gasteiger partial charge in [0.1, 0.15) is 6.04 Å². The van der Waals surface area contributed by atoms with Crippen molar-refractivity contribution in [3.63, 3.8) is 0 Å². The summed E-state index contributed by atoms with van der Waals surface area (Å²) in [6.45, 7) is 2.58. The van der Waals surface area contributed by atoms with E-state index >= 15 is 0 Å². The molecule has 130 valence electrons. The smallest absolute Gasteiger partial charge is 0.326 e. The van der Waals surface area contributed by atoms with Crippen molar-refractivity contribution in [3.05, 3.63) is 0 Å². The Kier molecular flexibility index (Phi) is 6.59. The van der Waals surface area contributed by atoms with Gasteiger partial charge < -0.3 is 15.3 Å². The molecule has 2 amide bonds. The van der Waals surface area contributed by atoms with E-state index in [2.05, 4.69) is 5.32 Å². The molecule has 2 unspecified atom stereocenters. The number of Topliss-reactive ketones (excluding diaryl/α,β-unsaturated/α-hetero) is 1. The SMILES string of the molecule is CC(=O)NC(C)C(=O)C(CC(=O)N1CCC[C@H]1C(=O)O)C(F)F. The standard InChI is InChI=1S/C14H20F2N2O5/c1-7(17-8(2)19)12(21)9(13(15)16)6-11(20)18-5-3-4-10(18)14(22)23/h7,9-10,13H,3-6H2,1-2H3,(H,17,19)(H,22,23)/t7?,9?,10-/m0/s1. The normalized spacial score (nSPS) is 20.2. The monoisotopic (exact) mass is 334 g/mol. The maximum absolute atomic E-state index is 13.1. The lowest BCUT2D eigenvalue weighted by Crippen LogP contribution is -2.46. The molecule has 1 heterocycles. The maximum Gasteiger partial charge on any atom is 0.326 e. The van der Waals surface area contributed by atoms with Crippen LogP contribution in [0.2, 0.25) is 0 Å². The molecule has 7 nitrogen and oxygen atoms in total. The Morgan fingerprint density at radius 1 is 1.30 bits per heavy atom. The molecule has 0 bridgehead atoms. The molecular formula is C14H20F2N2O5. The molecule has 0 aromatic carbocycles. The molecule has 0 spiro atoms. The maximum atomic E-state index is 13.1. The molecule has 0 aliphatic carbocycles. The predicted molar refractivity (Wildman–Crippen MR) is 74.8 cm³/mol. The molecule has 9 heteroatoms. The topological polar surface area (TPSA) is 104 Å². The summed E-state index contributed by atoms with van der Waals surface area (Å²) in [5.74, 6) is -5.35. The number of amides is 2. The Balaban J connectivity index is 2.79. The third-order valence-electron chi connectivity index (χ3n) is 3.77. The fourth-order valence-corrected chi connectivity index (χ4v) is 2.64. The molecule has 0 saturated carbocycles. The van der Waals surface area contributed by atoms with E-state index in [0.717, 1.165) is 11.8 Å². The van der Waals surface area contributed by atoms with Gasteiger partial charge in [0.25, 0.3) is 0 Å². The van der Waals surface area contributed by atoms with Gasteiger partial charge in [0.15, 0.2) is 5.78 Å². The van der Waals surface area contributed by atoms with Crippen LogP contribution < -0.4 is 5.32 Å². The number of carboxylic acid groups (broad SMARTS) is 1. The Morgan fingerprint density at radius 3 is 2.39 bits per heavy atom. The van der Waals surface area contributed by atoms with Gasteiger partial charge in [-0.3, -0.25) is 14.4 Å². The zero-order chi connectivity index (χ0) is 17.7. The first-order chi connectivity index (χ1) is 10.6. The second kappa shape index (κ2) is 7.98. The number of halogens is 2. The summed E-state index contributed by atoms with van der Waals surface area (Å²) < 4.78 is 26.3. The van der Waals surface area contributed by atoms with Crippen LogP contribution in [-0.2, 0) is 19.2 Å². The zero-order valence-corrected chi connectivity index (χ0v) is 12.9. The van der Waals surface area contributed by atoms with E-state index in [0.29, 0.717) is 6.42 Å². The minimum Gasteiger partial charge on any atom is -0.480 e. The lowest BCUT2D eigenvalue weighted by molar-refractivity contribution is -0.150. The highest BCUT2D eigenvalue weighted by atomic mass is 19.3. The third kappa shape index (κ3) is 4.97. The van der Waals surface area contributed by atoms with Gasteiger partial charge in [-0.25, -0.2) is 13.6 Å². The van der Waals surface area contributed by atoms with Crippen molar-refractivity contribution < 1.29 is 33.1 Å². The van der Waals surface area contributed by atoms with Crippen LogP contribution in [-0.4, -0.2) is 58.6 Å². The third-order valence-corrected chi connectivity index (χ3v) is 3.77. The minimum atomic E-state index is -3.08. The molecular weight excluding hydrogens is 314 g/mol. The van der Waals surface area contributed by atoms with E-state index in [9.17, 15) is 28.0 Å². The quantitative estimate of drug-likeness (QED) is 0.702. The number of nitrogens with one attached hydrogen (secondary N) is 1. The lowest BCUT2D eigenvalue weighted by atomic mass is 9.95. The molecule has 2 N–H and O–H groups in total. The fraction of sp³-hybridized carbons (Fsp3) is 0.714. The van der Waals surface area contributed by atoms with E-state index in [-0.39, 0.29) is 13.0 Å². The van der Waals surface area contributed by atoms with Gasteiger partial charge in [-0.2, -0.15) is 0 Å². The van der Waals surface area contributed by atoms with E-state index in [1.165, 1.54) is 6.92 Å². The summed E-state index contributed by atoms with van der Waals surface area (Å²) in [5.41, 5.74) is 0. The first-order valence-corrected chi connectivity index (χ1v) is 7.26. The van der Waals surface area contributed by atoms with Gasteiger partial charge in [-0.1, -0.05) is 0 Å². The number of carbonyl (C=O) groups is 4. The van der Waals surface area contributed by atoms with E-state index in [1.807, 2.05) is 0 Å². The molecule has 1 aliphatic rings. The van der Waals surface area contributed by atoms with Crippen LogP contribution in [0.4, 0.5) is 8.78 Å². The van der Waals surface area contributed by atoms with Crippen LogP contribution >= 0.6 is 0 Å². The highest BCUT2D eigenvalue weighted by molar-refractivity contribution is 5.93. The van der Waals surface area contributed by atoms with Gasteiger partial charge >= 0.3 is 5.97 Å². The lowest BCUT2D eigenvalue weighted by Gasteiger charge is -2.25. The number of carbonyl (C=O) groups excluding carboxylic acids is 3. The largest absolute Gasteiger partial charge is 0.480 e. The van der Waals surface area contributed by atoms with Crippen LogP contribution in [0.1, 0.15) is 33.1 Å². The fourth-order valence-electron chi connectivity index (χ4n) is 2.64. The highest BCUT2D eigenvalue weighted by Gasteiger charge is 2.39. The number of nitrogens with zero attached hydrogens (tertiary/aromatic N) is 1. The number of ketones is 1. The summed E-state index contributed by atoms with van der Waals surface area (Å²) >= 11 is 0. The number of hydrogen-bond donors (Lipinski definition) is 2. The summed E-state index contributed by atoms with van der Waals surface area (Å²) in [6, 6.07) is -2.18. The average Bonchev–Trinajstić information content (AvgIpc) is 2.92. The highest BCUT2D eigenvalue weighted by Crippen LogP contribution is 2.23. The van der Waals surface area contributed by atoms with E-state index in [1.54, 1.807) is 0 Å². The number of likely N-dealkylation sites (tertiary alicyclic amines) is 1. The average molecular weight is 334 g/mol. The molecule has 0 radical (unpaired) electrons. The first kappa shape index (κ1) is 19.0. The summed E-state index contributed by atoms with van der Waals surface area (Å²) in [5, 5.41) is 11.2. The number of rotatable bonds is 7. The Bertz CT molecular complexity index is 498. The molecule has 23 heavy (non-hydrogen) atoms. The molecule has 0 aromatic rings. The van der Waals surface area contributed by atoms with Crippen molar-refractivity contribution in [2.24, 2.45) is 5.92 Å². The van der Waals surface area contributed by atoms with E-state index < -0.39 is 54.4 Å². The van der Waals surface area contributed by atoms with Crippen molar-refractivity contribution in [3.8, 4) is 0 Å². The Labute approximate surface area is 132 Å². The van der Waals surface area contributed by atoms with Crippen LogP contribution in [0.3, 0.4) is 0 Å². The second-order valence-corrected chi connectivity index (χ2v) is 5.55. The van der Waals surface area contributed by atoms with Crippen LogP contribution in [0.5, 0.6) is 0 Å². The predicted octanol–water partition coefficient (Wildman–Crippen LogP) is 0.427. The van der Waals surface area contributed by atoms with Gasteiger partial charge in [0.05, 0.1) is 12.0 Å². The van der Waals surface area contributed by atoms with Crippen LogP contribution in [0.25, 0.3) is 0 Å². The molecule has 1 aliphatic heterocycles. The number of aliphatic carboxylic acids is 1. The van der Waals surface area contributed by atoms with E-state index in [4.69, 9.17) is 5.11 Å². The number of alkyl halides is 2. The molecule has 1 saturated heterocycles. The van der Waals surface area contributed by atoms with Crippen molar-refractivity contribution >= 4 is 23.6 Å². The number of hydrogen-bond acceptors (Lipinski definition) is 4. The van der Waals surface area contributed by atoms with Gasteiger partial charge in [0, 0.05) is 19.9 Å².